The third-order valence-corrected chi connectivity index (χ3v) is 26.3. The van der Waals surface area contributed by atoms with Crippen LogP contribution in [0.3, 0.4) is 0 Å². The molecule has 0 atom stereocenters. The monoisotopic (exact) mass is 1490 g/mol. The van der Waals surface area contributed by atoms with E-state index in [1.54, 1.807) is 0 Å². The molecule has 0 amide bonds. The van der Waals surface area contributed by atoms with Gasteiger partial charge in [0.05, 0.1) is 58.5 Å². The molecular formula is C98H118S6. The molecule has 104 heavy (non-hydrogen) atoms. The molecule has 8 aromatic rings. The number of thiophene rings is 6. The van der Waals surface area contributed by atoms with Gasteiger partial charge in [-0.05, 0) is 304 Å². The maximum Gasteiger partial charge on any atom is 0.0820 e. The summed E-state index contributed by atoms with van der Waals surface area (Å²) in [6, 6.07) is 20.9. The molecule has 6 aromatic heterocycles. The zero-order chi connectivity index (χ0) is 73.7. The lowest BCUT2D eigenvalue weighted by molar-refractivity contribution is 0.760. The van der Waals surface area contributed by atoms with E-state index in [9.17, 15) is 0 Å². The van der Waals surface area contributed by atoms with Crippen molar-refractivity contribution < 1.29 is 0 Å². The molecule has 0 unspecified atom stereocenters. The molecule has 0 saturated heterocycles. The predicted molar refractivity (Wildman–Crippen MR) is 464 cm³/mol. The number of hydrogen-bond donors (Lipinski definition) is 0. The van der Waals surface area contributed by atoms with Crippen LogP contribution in [0.25, 0.3) is 0 Å². The van der Waals surface area contributed by atoms with Gasteiger partial charge in [-0.25, -0.2) is 0 Å². The summed E-state index contributed by atoms with van der Waals surface area (Å²) in [6.07, 6.45) is 39.9. The van der Waals surface area contributed by atoms with Crippen molar-refractivity contribution in [2.24, 2.45) is 0 Å². The molecule has 0 fully saturated rings. The minimum absolute atomic E-state index is 1.03. The van der Waals surface area contributed by atoms with Crippen molar-refractivity contribution in [3.63, 3.8) is 0 Å². The number of rotatable bonds is 36. The molecule has 0 bridgehead atoms. The third-order valence-electron chi connectivity index (χ3n) is 19.7. The molecule has 0 radical (unpaired) electrons. The van der Waals surface area contributed by atoms with Crippen LogP contribution < -0.4 is 0 Å². The summed E-state index contributed by atoms with van der Waals surface area (Å²) in [5.74, 6) is 53.7. The van der Waals surface area contributed by atoms with E-state index in [4.69, 9.17) is 0 Å². The fourth-order valence-electron chi connectivity index (χ4n) is 13.5. The molecular weight excluding hydrogens is 1370 g/mol. The summed E-state index contributed by atoms with van der Waals surface area (Å²) in [7, 11) is 0. The summed E-state index contributed by atoms with van der Waals surface area (Å²) in [5.41, 5.74) is 19.4. The van der Waals surface area contributed by atoms with Crippen molar-refractivity contribution >= 4 is 68.0 Å². The van der Waals surface area contributed by atoms with Crippen molar-refractivity contribution in [3.05, 3.63) is 197 Å². The highest BCUT2D eigenvalue weighted by atomic mass is 32.1. The first-order valence-electron chi connectivity index (χ1n) is 40.7. The fourth-order valence-corrected chi connectivity index (χ4v) is 20.1. The molecule has 0 aliphatic heterocycles. The predicted octanol–water partition coefficient (Wildman–Crippen LogP) is 28.0. The van der Waals surface area contributed by atoms with E-state index in [-0.39, 0.29) is 0 Å². The van der Waals surface area contributed by atoms with Crippen molar-refractivity contribution in [1.82, 2.24) is 0 Å². The lowest BCUT2D eigenvalue weighted by Crippen LogP contribution is -1.96. The van der Waals surface area contributed by atoms with E-state index in [0.717, 1.165) is 242 Å². The minimum atomic E-state index is 1.03. The topological polar surface area (TPSA) is 0 Å². The maximum absolute atomic E-state index is 3.97. The molecule has 6 heteroatoms. The summed E-state index contributed by atoms with van der Waals surface area (Å²) in [5, 5.41) is 0. The van der Waals surface area contributed by atoms with Crippen LogP contribution in [-0.2, 0) is 77.0 Å². The Bertz CT molecular complexity index is 4180. The van der Waals surface area contributed by atoms with Crippen LogP contribution in [0.2, 0.25) is 0 Å². The van der Waals surface area contributed by atoms with Gasteiger partial charge in [0.2, 0.25) is 0 Å². The van der Waals surface area contributed by atoms with Crippen LogP contribution in [0.1, 0.15) is 374 Å². The van der Waals surface area contributed by atoms with E-state index >= 15 is 0 Å². The van der Waals surface area contributed by atoms with Gasteiger partial charge in [0.25, 0.3) is 0 Å². The first-order chi connectivity index (χ1) is 51.1. The molecule has 6 heterocycles. The largest absolute Gasteiger partial charge is 0.117 e. The first kappa shape index (κ1) is 83.2. The van der Waals surface area contributed by atoms with Gasteiger partial charge < -0.3 is 0 Å². The van der Waals surface area contributed by atoms with Crippen LogP contribution >= 0.6 is 68.0 Å². The highest BCUT2D eigenvalue weighted by Crippen LogP contribution is 2.39. The maximum atomic E-state index is 3.97. The molecule has 0 spiro atoms. The van der Waals surface area contributed by atoms with Gasteiger partial charge in [-0.15, -0.1) is 68.0 Å². The second-order valence-corrected chi connectivity index (χ2v) is 34.2. The minimum Gasteiger partial charge on any atom is -0.117 e. The molecule has 0 saturated carbocycles. The molecule has 0 aliphatic carbocycles. The van der Waals surface area contributed by atoms with E-state index in [0.29, 0.717) is 0 Å². The molecule has 0 N–H and O–H groups in total. The average Bonchev–Trinajstić information content (AvgIpc) is 1.65. The first-order valence-corrected chi connectivity index (χ1v) is 45.6. The van der Waals surface area contributed by atoms with Crippen LogP contribution in [0.15, 0.2) is 60.7 Å². The Morgan fingerprint density at radius 3 is 0.394 bits per heavy atom. The molecule has 8 rings (SSSR count). The van der Waals surface area contributed by atoms with Crippen molar-refractivity contribution in [1.29, 1.82) is 0 Å². The number of hydrogen-bond acceptors (Lipinski definition) is 6. The summed E-state index contributed by atoms with van der Waals surface area (Å²) in [4.78, 5) is 14.5. The standard InChI is InChI=1S/C98H118S6/c1-13-25-47-75-77(49-27-15-3)89(99-87(75)61-59-73-43-39-37-40-44-73)63-65-91-79(51-29-17-5)81(53-31-19-7)93(101-91)67-69-95-83(55-33-21-9)85(57-35-23-11)97(103-95)71-72-98-86(58-36-24-12)84(56-34-22-10)96(104-98)70-68-94-82(54-32-20-8)80(52-30-18-6)92(102-94)66-64-90-78(50-28-16-4)76(48-26-14-2)88(100-90)62-60-74-45-41-38-42-46-74/h37-46H,13-36,47-58H2,1-12H3. The van der Waals surface area contributed by atoms with Gasteiger partial charge >= 0.3 is 0 Å². The third kappa shape index (κ3) is 24.0. The van der Waals surface area contributed by atoms with Gasteiger partial charge in [0.15, 0.2) is 0 Å². The van der Waals surface area contributed by atoms with Gasteiger partial charge in [0.1, 0.15) is 0 Å². The second-order valence-electron chi connectivity index (χ2n) is 28.0. The quantitative estimate of drug-likeness (QED) is 0.0343. The lowest BCUT2D eigenvalue weighted by Gasteiger charge is -2.06. The van der Waals surface area contributed by atoms with Crippen LogP contribution in [0, 0.1) is 82.9 Å². The Morgan fingerprint density at radius 2 is 0.279 bits per heavy atom. The van der Waals surface area contributed by atoms with E-state index < -0.39 is 0 Å². The Morgan fingerprint density at radius 1 is 0.163 bits per heavy atom. The number of benzene rings is 2. The lowest BCUT2D eigenvalue weighted by atomic mass is 9.96. The number of unbranched alkanes of at least 4 members (excludes halogenated alkanes) is 12. The van der Waals surface area contributed by atoms with E-state index in [2.05, 4.69) is 227 Å². The Kier molecular flexibility index (Phi) is 37.3. The Labute approximate surface area is 656 Å². The van der Waals surface area contributed by atoms with Gasteiger partial charge in [0, 0.05) is 11.1 Å². The Hall–Kier alpha value is -6.44. The van der Waals surface area contributed by atoms with Crippen LogP contribution in [0.5, 0.6) is 0 Å². The van der Waals surface area contributed by atoms with Crippen molar-refractivity contribution in [3.8, 4) is 82.9 Å². The molecule has 546 valence electrons. The summed E-state index contributed by atoms with van der Waals surface area (Å²) < 4.78 is 0. The molecule has 2 aromatic carbocycles. The summed E-state index contributed by atoms with van der Waals surface area (Å²) >= 11 is 11.1. The van der Waals surface area contributed by atoms with Crippen molar-refractivity contribution in [2.45, 2.75) is 314 Å². The van der Waals surface area contributed by atoms with E-state index in [1.807, 2.05) is 68.0 Å². The highest BCUT2D eigenvalue weighted by molar-refractivity contribution is 7.15. The second kappa shape index (κ2) is 46.6. The van der Waals surface area contributed by atoms with Crippen LogP contribution in [-0.4, -0.2) is 0 Å². The van der Waals surface area contributed by atoms with Crippen LogP contribution in [0.4, 0.5) is 0 Å². The van der Waals surface area contributed by atoms with Gasteiger partial charge in [-0.3, -0.25) is 0 Å². The summed E-state index contributed by atoms with van der Waals surface area (Å²) in [6.45, 7) is 27.8. The smallest absolute Gasteiger partial charge is 0.0820 e. The average molecular weight is 1490 g/mol. The highest BCUT2D eigenvalue weighted by Gasteiger charge is 2.24. The SMILES string of the molecule is CCCCc1c(C#Cc2ccccc2)sc(C#Cc2sc(C#Cc3sc(C#Cc4sc(C#Cc5sc(C#Cc6sc(C#Cc7ccccc7)c(CCCC)c6CCCC)c(CCCC)c5CCCC)c(CCCC)c4CCCC)c(CCCC)c3CCCC)c(CCCC)c2CCCC)c1CCCC. The Balaban J connectivity index is 1.25. The molecule has 0 nitrogen and oxygen atoms in total. The van der Waals surface area contributed by atoms with Gasteiger partial charge in [-0.2, -0.15) is 0 Å². The molecule has 0 aliphatic rings. The zero-order valence-corrected chi connectivity index (χ0v) is 70.6. The normalized spacial score (nSPS) is 10.8. The zero-order valence-electron chi connectivity index (χ0n) is 65.7. The van der Waals surface area contributed by atoms with Crippen molar-refractivity contribution in [2.75, 3.05) is 0 Å². The fraction of sp³-hybridized carbons (Fsp3) is 0.490. The van der Waals surface area contributed by atoms with Gasteiger partial charge in [-0.1, -0.05) is 220 Å². The van der Waals surface area contributed by atoms with E-state index in [1.165, 1.54) is 125 Å².